The number of benzene rings is 1. The molecule has 16 heavy (non-hydrogen) atoms. The van der Waals surface area contributed by atoms with Crippen molar-refractivity contribution in [1.82, 2.24) is 4.98 Å². The molecule has 0 amide bonds. The van der Waals surface area contributed by atoms with E-state index in [1.807, 2.05) is 24.5 Å². The van der Waals surface area contributed by atoms with Crippen LogP contribution < -0.4 is 5.73 Å². The average Bonchev–Trinajstić information content (AvgIpc) is 2.67. The first-order valence-corrected chi connectivity index (χ1v) is 6.33. The summed E-state index contributed by atoms with van der Waals surface area (Å²) in [5, 5.41) is 2.25. The summed E-state index contributed by atoms with van der Waals surface area (Å²) >= 11 is 1.65. The van der Waals surface area contributed by atoms with E-state index in [0.717, 1.165) is 27.8 Å². The van der Waals surface area contributed by atoms with Crippen molar-refractivity contribution in [3.05, 3.63) is 29.8 Å². The zero-order valence-corrected chi connectivity index (χ0v) is 9.88. The van der Waals surface area contributed by atoms with Crippen molar-refractivity contribution in [3.63, 3.8) is 0 Å². The summed E-state index contributed by atoms with van der Waals surface area (Å²) in [5.74, 6) is 0. The predicted octanol–water partition coefficient (Wildman–Crippen LogP) is 1.96. The van der Waals surface area contributed by atoms with E-state index in [4.69, 9.17) is 5.73 Å². The molecule has 1 heterocycles. The minimum atomic E-state index is -0.426. The molecule has 2 aromatic rings. The van der Waals surface area contributed by atoms with Gasteiger partial charge in [-0.2, -0.15) is 0 Å². The van der Waals surface area contributed by atoms with Crippen molar-refractivity contribution >= 4 is 29.0 Å². The molecule has 0 unspecified atom stereocenters. The summed E-state index contributed by atoms with van der Waals surface area (Å²) in [6.07, 6.45) is 3.40. The zero-order chi connectivity index (χ0) is 11.5. The molecule has 0 saturated heterocycles. The largest absolute Gasteiger partial charge is 0.350 e. The Bertz CT molecular complexity index is 507. The lowest BCUT2D eigenvalue weighted by Gasteiger charge is -2.04. The number of carbonyl (C=O) groups is 1. The summed E-state index contributed by atoms with van der Waals surface area (Å²) in [6, 6.07) is 7.65. The number of hydrogen-bond donors (Lipinski definition) is 2. The van der Waals surface area contributed by atoms with Gasteiger partial charge in [0.25, 0.3) is 0 Å². The second kappa shape index (κ2) is 4.72. The lowest BCUT2D eigenvalue weighted by atomic mass is 10.1. The number of aromatic nitrogens is 1. The van der Waals surface area contributed by atoms with E-state index in [-0.39, 0.29) is 0 Å². The Balaban J connectivity index is 2.51. The van der Waals surface area contributed by atoms with Gasteiger partial charge < -0.3 is 15.5 Å². The molecule has 4 heteroatoms. The molecule has 84 valence electrons. The molecule has 1 aromatic heterocycles. The van der Waals surface area contributed by atoms with Gasteiger partial charge in [0.1, 0.15) is 6.29 Å². The van der Waals surface area contributed by atoms with Gasteiger partial charge in [0.15, 0.2) is 0 Å². The van der Waals surface area contributed by atoms with E-state index in [1.54, 1.807) is 11.8 Å². The fourth-order valence-corrected chi connectivity index (χ4v) is 2.49. The van der Waals surface area contributed by atoms with Crippen LogP contribution in [0.4, 0.5) is 0 Å². The number of rotatable bonds is 4. The second-order valence-corrected chi connectivity index (χ2v) is 4.50. The first kappa shape index (κ1) is 11.2. The van der Waals surface area contributed by atoms with Gasteiger partial charge in [-0.15, -0.1) is 11.8 Å². The molecule has 0 aliphatic carbocycles. The van der Waals surface area contributed by atoms with Gasteiger partial charge in [0.2, 0.25) is 0 Å². The first-order valence-electron chi connectivity index (χ1n) is 5.10. The third-order valence-electron chi connectivity index (χ3n) is 2.59. The summed E-state index contributed by atoms with van der Waals surface area (Å²) in [7, 11) is 0. The number of H-pyrrole nitrogens is 1. The molecule has 0 aliphatic rings. The van der Waals surface area contributed by atoms with Crippen LogP contribution in [0.2, 0.25) is 0 Å². The van der Waals surface area contributed by atoms with Crippen molar-refractivity contribution in [3.8, 4) is 0 Å². The molecule has 0 spiro atoms. The Hall–Kier alpha value is -1.26. The summed E-state index contributed by atoms with van der Waals surface area (Å²) in [5.41, 5.74) is 7.93. The van der Waals surface area contributed by atoms with Gasteiger partial charge in [-0.05, 0) is 24.3 Å². The predicted molar refractivity (Wildman–Crippen MR) is 67.8 cm³/mol. The number of hydrogen-bond acceptors (Lipinski definition) is 3. The van der Waals surface area contributed by atoms with Gasteiger partial charge in [-0.25, -0.2) is 0 Å². The number of aldehydes is 1. The van der Waals surface area contributed by atoms with E-state index in [9.17, 15) is 4.79 Å². The van der Waals surface area contributed by atoms with Crippen molar-refractivity contribution < 1.29 is 4.79 Å². The minimum Gasteiger partial charge on any atom is -0.350 e. The maximum absolute atomic E-state index is 10.6. The molecule has 0 bridgehead atoms. The van der Waals surface area contributed by atoms with E-state index in [2.05, 4.69) is 11.1 Å². The molecule has 3 N–H and O–H groups in total. The molecule has 3 nitrogen and oxygen atoms in total. The fraction of sp³-hybridized carbons (Fsp3) is 0.250. The molecule has 1 atom stereocenters. The van der Waals surface area contributed by atoms with Crippen molar-refractivity contribution in [2.75, 3.05) is 6.26 Å². The van der Waals surface area contributed by atoms with Gasteiger partial charge in [-0.3, -0.25) is 0 Å². The maximum atomic E-state index is 10.6. The van der Waals surface area contributed by atoms with Gasteiger partial charge in [0, 0.05) is 10.9 Å². The van der Waals surface area contributed by atoms with Crippen LogP contribution in [0.5, 0.6) is 0 Å². The van der Waals surface area contributed by atoms with E-state index in [1.165, 1.54) is 0 Å². The number of para-hydroxylation sites is 1. The number of carbonyl (C=O) groups excluding carboxylic acids is 1. The molecular formula is C12H14N2OS. The maximum Gasteiger partial charge on any atom is 0.137 e. The quantitative estimate of drug-likeness (QED) is 0.628. The number of fused-ring (bicyclic) bond motifs is 1. The summed E-state index contributed by atoms with van der Waals surface area (Å²) < 4.78 is 0. The molecular weight excluding hydrogens is 220 g/mol. The van der Waals surface area contributed by atoms with Crippen LogP contribution in [-0.2, 0) is 11.2 Å². The number of thioether (sulfide) groups is 1. The highest BCUT2D eigenvalue weighted by Gasteiger charge is 2.13. The van der Waals surface area contributed by atoms with Crippen LogP contribution in [-0.4, -0.2) is 23.6 Å². The lowest BCUT2D eigenvalue weighted by Crippen LogP contribution is -2.24. The van der Waals surface area contributed by atoms with E-state index < -0.39 is 6.04 Å². The van der Waals surface area contributed by atoms with Crippen LogP contribution in [0.3, 0.4) is 0 Å². The third-order valence-corrected chi connectivity index (χ3v) is 3.35. The highest BCUT2D eigenvalue weighted by molar-refractivity contribution is 7.98. The van der Waals surface area contributed by atoms with E-state index >= 15 is 0 Å². The van der Waals surface area contributed by atoms with Gasteiger partial charge in [-0.1, -0.05) is 18.2 Å². The smallest absolute Gasteiger partial charge is 0.137 e. The number of nitrogens with one attached hydrogen (secondary N) is 1. The van der Waals surface area contributed by atoms with Gasteiger partial charge in [0.05, 0.1) is 11.1 Å². The summed E-state index contributed by atoms with van der Waals surface area (Å²) in [6.45, 7) is 0. The normalized spacial score (nSPS) is 12.9. The van der Waals surface area contributed by atoms with Crippen LogP contribution in [0, 0.1) is 0 Å². The molecule has 0 aliphatic heterocycles. The third kappa shape index (κ3) is 1.99. The fourth-order valence-electron chi connectivity index (χ4n) is 1.84. The molecule has 1 aromatic carbocycles. The molecule has 0 radical (unpaired) electrons. The molecule has 0 saturated carbocycles. The lowest BCUT2D eigenvalue weighted by molar-refractivity contribution is -0.108. The van der Waals surface area contributed by atoms with E-state index in [0.29, 0.717) is 6.42 Å². The second-order valence-electron chi connectivity index (χ2n) is 3.69. The van der Waals surface area contributed by atoms with Gasteiger partial charge >= 0.3 is 0 Å². The molecule has 2 rings (SSSR count). The standard InChI is InChI=1S/C12H14N2OS/c1-16-12-10(6-8(13)7-15)9-4-2-3-5-11(9)14-12/h2-5,7-8,14H,6,13H2,1H3/t8-/m0/s1. The minimum absolute atomic E-state index is 0.426. The Morgan fingerprint density at radius 1 is 1.50 bits per heavy atom. The zero-order valence-electron chi connectivity index (χ0n) is 9.07. The Morgan fingerprint density at radius 2 is 2.25 bits per heavy atom. The van der Waals surface area contributed by atoms with Crippen molar-refractivity contribution in [2.24, 2.45) is 5.73 Å². The van der Waals surface area contributed by atoms with Crippen LogP contribution in [0.1, 0.15) is 5.56 Å². The number of aromatic amines is 1. The van der Waals surface area contributed by atoms with Crippen LogP contribution >= 0.6 is 11.8 Å². The van der Waals surface area contributed by atoms with Crippen LogP contribution in [0.25, 0.3) is 10.9 Å². The molecule has 0 fully saturated rings. The van der Waals surface area contributed by atoms with Crippen LogP contribution in [0.15, 0.2) is 29.3 Å². The topological polar surface area (TPSA) is 58.9 Å². The highest BCUT2D eigenvalue weighted by atomic mass is 32.2. The van der Waals surface area contributed by atoms with Crippen molar-refractivity contribution in [2.45, 2.75) is 17.5 Å². The SMILES string of the molecule is CSc1[nH]c2ccccc2c1C[C@H](N)C=O. The average molecular weight is 234 g/mol. The highest BCUT2D eigenvalue weighted by Crippen LogP contribution is 2.28. The Kier molecular flexibility index (Phi) is 3.31. The van der Waals surface area contributed by atoms with Crippen molar-refractivity contribution in [1.29, 1.82) is 0 Å². The monoisotopic (exact) mass is 234 g/mol. The first-order chi connectivity index (χ1) is 7.76. The Morgan fingerprint density at radius 3 is 2.94 bits per heavy atom. The number of nitrogens with two attached hydrogens (primary N) is 1. The summed E-state index contributed by atoms with van der Waals surface area (Å²) in [4.78, 5) is 14.0. The Labute approximate surface area is 98.4 Å².